The van der Waals surface area contributed by atoms with Gasteiger partial charge in [-0.05, 0) is 42.5 Å². The summed E-state index contributed by atoms with van der Waals surface area (Å²) in [5, 5.41) is 11.7. The van der Waals surface area contributed by atoms with E-state index in [-0.39, 0.29) is 11.7 Å². The highest BCUT2D eigenvalue weighted by atomic mass is 35.5. The number of nitrogens with zero attached hydrogens (tertiary/aromatic N) is 3. The van der Waals surface area contributed by atoms with Crippen molar-refractivity contribution in [3.05, 3.63) is 99.8 Å². The summed E-state index contributed by atoms with van der Waals surface area (Å²) in [5.74, 6) is -1.27. The molecular formula is C28H21ClN6O4. The number of carbonyl (C=O) groups is 2. The number of aryl methyl sites for hydroxylation is 2. The second-order valence-electron chi connectivity index (χ2n) is 9.02. The Balaban J connectivity index is 1.33. The fourth-order valence-electron chi connectivity index (χ4n) is 4.78. The highest BCUT2D eigenvalue weighted by Crippen LogP contribution is 2.31. The van der Waals surface area contributed by atoms with E-state index in [4.69, 9.17) is 11.6 Å². The van der Waals surface area contributed by atoms with E-state index in [1.165, 1.54) is 0 Å². The number of hydrogen-bond acceptors (Lipinski definition) is 5. The predicted molar refractivity (Wildman–Crippen MR) is 149 cm³/mol. The molecule has 0 fully saturated rings. The number of halogens is 1. The standard InChI is InChI=1S/C28H21ClN6O4/c1-34-21-9-4-3-6-15(21)12-22(34)26(36)31-20-8-5-7-16-13-23(35(2)24(16)20)27(37)30-19-11-10-17(29)14-18(19)25-32-28(38)39-33-25/h3-14H,1-2H3,(H,30,37)(H,31,36)(H,32,33,38). The van der Waals surface area contributed by atoms with Crippen LogP contribution >= 0.6 is 11.6 Å². The zero-order chi connectivity index (χ0) is 27.3. The molecular weight excluding hydrogens is 520 g/mol. The molecule has 0 atom stereocenters. The summed E-state index contributed by atoms with van der Waals surface area (Å²) in [6.07, 6.45) is 0. The van der Waals surface area contributed by atoms with Crippen molar-refractivity contribution in [2.45, 2.75) is 0 Å². The first-order chi connectivity index (χ1) is 18.8. The Morgan fingerprint density at radius 2 is 1.54 bits per heavy atom. The van der Waals surface area contributed by atoms with Gasteiger partial charge in [-0.15, -0.1) is 0 Å². The minimum absolute atomic E-state index is 0.133. The van der Waals surface area contributed by atoms with E-state index in [9.17, 15) is 14.4 Å². The maximum Gasteiger partial charge on any atom is 0.439 e. The first-order valence-corrected chi connectivity index (χ1v) is 12.3. The van der Waals surface area contributed by atoms with Crippen molar-refractivity contribution in [1.82, 2.24) is 19.3 Å². The number of aromatic nitrogens is 4. The molecule has 0 spiro atoms. The van der Waals surface area contributed by atoms with Crippen LogP contribution in [-0.2, 0) is 14.1 Å². The number of para-hydroxylation sites is 2. The van der Waals surface area contributed by atoms with Crippen LogP contribution in [0.2, 0.25) is 5.02 Å². The quantitative estimate of drug-likeness (QED) is 0.278. The number of rotatable bonds is 5. The Morgan fingerprint density at radius 1 is 0.846 bits per heavy atom. The van der Waals surface area contributed by atoms with Crippen LogP contribution in [0.4, 0.5) is 11.4 Å². The van der Waals surface area contributed by atoms with Crippen molar-refractivity contribution < 1.29 is 14.1 Å². The number of anilines is 2. The fourth-order valence-corrected chi connectivity index (χ4v) is 4.95. The SMILES string of the molecule is Cn1c(C(=O)Nc2cccc3cc(C(=O)Nc4ccc(Cl)cc4-c4noc(=O)[nH]4)n(C)c23)cc2ccccc21. The monoisotopic (exact) mass is 540 g/mol. The molecule has 3 aromatic heterocycles. The van der Waals surface area contributed by atoms with Crippen LogP contribution in [-0.4, -0.2) is 31.1 Å². The molecule has 0 radical (unpaired) electrons. The lowest BCUT2D eigenvalue weighted by Gasteiger charge is -2.12. The maximum atomic E-state index is 13.4. The van der Waals surface area contributed by atoms with Crippen LogP contribution in [0.15, 0.2) is 82.1 Å². The van der Waals surface area contributed by atoms with Gasteiger partial charge in [-0.2, -0.15) is 0 Å². The van der Waals surface area contributed by atoms with Crippen LogP contribution in [0.1, 0.15) is 21.0 Å². The molecule has 3 aromatic carbocycles. The molecule has 39 heavy (non-hydrogen) atoms. The van der Waals surface area contributed by atoms with E-state index in [0.29, 0.717) is 38.9 Å². The first-order valence-electron chi connectivity index (χ1n) is 11.9. The van der Waals surface area contributed by atoms with Crippen molar-refractivity contribution in [2.75, 3.05) is 10.6 Å². The Bertz CT molecular complexity index is 1980. The zero-order valence-corrected chi connectivity index (χ0v) is 21.5. The van der Waals surface area contributed by atoms with Crippen molar-refractivity contribution in [2.24, 2.45) is 14.1 Å². The van der Waals surface area contributed by atoms with Gasteiger partial charge in [0.15, 0.2) is 5.82 Å². The minimum Gasteiger partial charge on any atom is -0.340 e. The number of carbonyl (C=O) groups excluding carboxylic acids is 2. The van der Waals surface area contributed by atoms with Crippen molar-refractivity contribution in [3.63, 3.8) is 0 Å². The summed E-state index contributed by atoms with van der Waals surface area (Å²) in [6, 6.07) is 21.6. The molecule has 2 amide bonds. The smallest absolute Gasteiger partial charge is 0.340 e. The second-order valence-corrected chi connectivity index (χ2v) is 9.46. The summed E-state index contributed by atoms with van der Waals surface area (Å²) < 4.78 is 8.17. The summed E-state index contributed by atoms with van der Waals surface area (Å²) in [6.45, 7) is 0. The van der Waals surface area contributed by atoms with Gasteiger partial charge in [0.25, 0.3) is 11.8 Å². The number of fused-ring (bicyclic) bond motifs is 2. The molecule has 6 rings (SSSR count). The fraction of sp³-hybridized carbons (Fsp3) is 0.0714. The van der Waals surface area contributed by atoms with E-state index in [2.05, 4.69) is 25.3 Å². The Kier molecular flexibility index (Phi) is 5.81. The van der Waals surface area contributed by atoms with Gasteiger partial charge in [-0.25, -0.2) is 4.79 Å². The maximum absolute atomic E-state index is 13.4. The van der Waals surface area contributed by atoms with E-state index in [1.807, 2.05) is 54.1 Å². The molecule has 0 aliphatic rings. The van der Waals surface area contributed by atoms with Gasteiger partial charge in [-0.3, -0.25) is 19.1 Å². The lowest BCUT2D eigenvalue weighted by atomic mass is 10.1. The van der Waals surface area contributed by atoms with Crippen LogP contribution < -0.4 is 16.4 Å². The molecule has 11 heteroatoms. The molecule has 194 valence electrons. The summed E-state index contributed by atoms with van der Waals surface area (Å²) >= 11 is 6.14. The van der Waals surface area contributed by atoms with Gasteiger partial charge in [0.1, 0.15) is 11.4 Å². The third kappa shape index (κ3) is 4.26. The molecule has 3 N–H and O–H groups in total. The Morgan fingerprint density at radius 3 is 2.28 bits per heavy atom. The number of aromatic amines is 1. The minimum atomic E-state index is -0.728. The number of amides is 2. The Labute approximate surface area is 225 Å². The first kappa shape index (κ1) is 24.3. The normalized spacial score (nSPS) is 11.3. The highest BCUT2D eigenvalue weighted by Gasteiger charge is 2.20. The molecule has 0 bridgehead atoms. The van der Waals surface area contributed by atoms with Gasteiger partial charge < -0.3 is 19.8 Å². The number of hydrogen-bond donors (Lipinski definition) is 3. The largest absolute Gasteiger partial charge is 0.439 e. The topological polar surface area (TPSA) is 127 Å². The number of H-pyrrole nitrogens is 1. The second kappa shape index (κ2) is 9.34. The van der Waals surface area contributed by atoms with E-state index in [0.717, 1.165) is 16.3 Å². The molecule has 0 unspecified atom stereocenters. The third-order valence-electron chi connectivity index (χ3n) is 6.65. The lowest BCUT2D eigenvalue weighted by Crippen LogP contribution is -2.18. The van der Waals surface area contributed by atoms with Crippen molar-refractivity contribution in [1.29, 1.82) is 0 Å². The van der Waals surface area contributed by atoms with Crippen LogP contribution in [0.25, 0.3) is 33.2 Å². The predicted octanol–water partition coefficient (Wildman–Crippen LogP) is 5.17. The molecule has 10 nitrogen and oxygen atoms in total. The highest BCUT2D eigenvalue weighted by molar-refractivity contribution is 6.31. The van der Waals surface area contributed by atoms with Gasteiger partial charge >= 0.3 is 5.76 Å². The van der Waals surface area contributed by atoms with Gasteiger partial charge in [-0.1, -0.05) is 47.1 Å². The van der Waals surface area contributed by atoms with Gasteiger partial charge in [0.05, 0.1) is 16.9 Å². The average Bonchev–Trinajstić information content (AvgIpc) is 3.61. The van der Waals surface area contributed by atoms with E-state index in [1.54, 1.807) is 41.9 Å². The lowest BCUT2D eigenvalue weighted by molar-refractivity contribution is 0.101. The summed E-state index contributed by atoms with van der Waals surface area (Å²) in [7, 11) is 3.60. The summed E-state index contributed by atoms with van der Waals surface area (Å²) in [4.78, 5) is 40.6. The van der Waals surface area contributed by atoms with E-state index >= 15 is 0 Å². The zero-order valence-electron chi connectivity index (χ0n) is 20.8. The molecule has 0 aliphatic heterocycles. The van der Waals surface area contributed by atoms with Crippen LogP contribution in [0, 0.1) is 0 Å². The number of benzene rings is 3. The molecule has 0 aliphatic carbocycles. The third-order valence-corrected chi connectivity index (χ3v) is 6.88. The van der Waals surface area contributed by atoms with Crippen LogP contribution in [0.5, 0.6) is 0 Å². The number of nitrogens with one attached hydrogen (secondary N) is 3. The van der Waals surface area contributed by atoms with Crippen molar-refractivity contribution >= 4 is 56.6 Å². The molecule has 0 saturated heterocycles. The molecule has 0 saturated carbocycles. The molecule has 3 heterocycles. The Hall–Kier alpha value is -5.09. The van der Waals surface area contributed by atoms with Crippen LogP contribution in [0.3, 0.4) is 0 Å². The van der Waals surface area contributed by atoms with Gasteiger partial charge in [0.2, 0.25) is 0 Å². The van der Waals surface area contributed by atoms with E-state index < -0.39 is 11.7 Å². The van der Waals surface area contributed by atoms with Gasteiger partial charge in [0, 0.05) is 41.0 Å². The summed E-state index contributed by atoms with van der Waals surface area (Å²) in [5.41, 5.74) is 3.85. The van der Waals surface area contributed by atoms with Crippen molar-refractivity contribution in [3.8, 4) is 11.4 Å². The average molecular weight is 541 g/mol. The molecule has 6 aromatic rings.